The van der Waals surface area contributed by atoms with E-state index >= 15 is 0 Å². The van der Waals surface area contributed by atoms with Crippen LogP contribution in [0.5, 0.6) is 11.5 Å². The molecule has 0 aromatic heterocycles. The van der Waals surface area contributed by atoms with E-state index < -0.39 is 5.97 Å². The van der Waals surface area contributed by atoms with E-state index in [0.717, 1.165) is 23.0 Å². The number of benzene rings is 1. The number of aliphatic hydroxyl groups excluding tert-OH is 1. The van der Waals surface area contributed by atoms with Gasteiger partial charge in [-0.05, 0) is 37.1 Å². The van der Waals surface area contributed by atoms with Crippen LogP contribution >= 0.6 is 0 Å². The van der Waals surface area contributed by atoms with Crippen molar-refractivity contribution in [2.45, 2.75) is 13.8 Å². The standard InChI is InChI=1S/C13H12O4.C4H11NO/c1-9(2-5-13(14)15)6-10-3-4-11-12(7-10)17-8-16-11;1-4(2-5)3-6/h2-7H,8H2,1H3,(H,14,15);4,6H,2-3,5H2,1H3. The zero-order chi connectivity index (χ0) is 17.2. The lowest BCUT2D eigenvalue weighted by Gasteiger charge is -1.98. The molecule has 0 saturated heterocycles. The molecule has 2 rings (SSSR count). The second-order valence-electron chi connectivity index (χ2n) is 5.20. The summed E-state index contributed by atoms with van der Waals surface area (Å²) in [4.78, 5) is 10.4. The van der Waals surface area contributed by atoms with Crippen molar-refractivity contribution < 1.29 is 24.5 Å². The van der Waals surface area contributed by atoms with Crippen LogP contribution in [0.3, 0.4) is 0 Å². The van der Waals surface area contributed by atoms with Crippen molar-refractivity contribution in [3.63, 3.8) is 0 Å². The lowest BCUT2D eigenvalue weighted by atomic mass is 10.1. The van der Waals surface area contributed by atoms with Crippen LogP contribution in [-0.4, -0.2) is 36.1 Å². The zero-order valence-corrected chi connectivity index (χ0v) is 13.4. The van der Waals surface area contributed by atoms with Crippen LogP contribution in [0.15, 0.2) is 35.9 Å². The highest BCUT2D eigenvalue weighted by molar-refractivity contribution is 5.80. The molecule has 126 valence electrons. The quantitative estimate of drug-likeness (QED) is 0.566. The summed E-state index contributed by atoms with van der Waals surface area (Å²) >= 11 is 0. The van der Waals surface area contributed by atoms with Crippen LogP contribution in [0.2, 0.25) is 0 Å². The van der Waals surface area contributed by atoms with E-state index in [4.69, 9.17) is 25.4 Å². The molecule has 1 heterocycles. The van der Waals surface area contributed by atoms with E-state index in [-0.39, 0.29) is 19.3 Å². The zero-order valence-electron chi connectivity index (χ0n) is 13.4. The predicted molar refractivity (Wildman–Crippen MR) is 88.3 cm³/mol. The number of fused-ring (bicyclic) bond motifs is 1. The van der Waals surface area contributed by atoms with Crippen molar-refractivity contribution in [3.05, 3.63) is 41.5 Å². The molecule has 0 spiro atoms. The molecule has 6 heteroatoms. The molecule has 0 amide bonds. The highest BCUT2D eigenvalue weighted by atomic mass is 16.7. The van der Waals surface area contributed by atoms with E-state index in [1.807, 2.05) is 38.1 Å². The van der Waals surface area contributed by atoms with Gasteiger partial charge in [-0.3, -0.25) is 0 Å². The molecule has 1 unspecified atom stereocenters. The van der Waals surface area contributed by atoms with Crippen LogP contribution < -0.4 is 15.2 Å². The van der Waals surface area contributed by atoms with Crippen LogP contribution in [0.4, 0.5) is 0 Å². The average Bonchev–Trinajstić information content (AvgIpc) is 3.00. The van der Waals surface area contributed by atoms with E-state index in [9.17, 15) is 4.79 Å². The SMILES string of the molecule is CC(C=CC(=O)O)=Cc1ccc2c(c1)OCO2.CC(CN)CO. The Morgan fingerprint density at radius 1 is 1.35 bits per heavy atom. The molecule has 1 aromatic carbocycles. The smallest absolute Gasteiger partial charge is 0.328 e. The first-order valence-electron chi connectivity index (χ1n) is 7.26. The van der Waals surface area contributed by atoms with Gasteiger partial charge in [0.25, 0.3) is 0 Å². The summed E-state index contributed by atoms with van der Waals surface area (Å²) in [6.45, 7) is 4.78. The molecule has 0 aliphatic carbocycles. The number of ether oxygens (including phenoxy) is 2. The van der Waals surface area contributed by atoms with E-state index in [1.165, 1.54) is 0 Å². The van der Waals surface area contributed by atoms with Crippen molar-refractivity contribution in [1.82, 2.24) is 0 Å². The summed E-state index contributed by atoms with van der Waals surface area (Å²) in [6, 6.07) is 5.59. The molecule has 1 aliphatic rings. The fourth-order valence-corrected chi connectivity index (χ4v) is 1.59. The Kier molecular flexibility index (Phi) is 7.87. The van der Waals surface area contributed by atoms with Gasteiger partial charge in [-0.2, -0.15) is 0 Å². The Labute approximate surface area is 135 Å². The molecule has 1 aliphatic heterocycles. The van der Waals surface area contributed by atoms with Gasteiger partial charge < -0.3 is 25.4 Å². The fraction of sp³-hybridized carbons (Fsp3) is 0.353. The number of rotatable bonds is 5. The number of carbonyl (C=O) groups is 1. The van der Waals surface area contributed by atoms with Gasteiger partial charge in [0.15, 0.2) is 11.5 Å². The summed E-state index contributed by atoms with van der Waals surface area (Å²) in [5, 5.41) is 16.8. The molecule has 1 atom stereocenters. The minimum atomic E-state index is -0.955. The summed E-state index contributed by atoms with van der Waals surface area (Å²) in [7, 11) is 0. The van der Waals surface area contributed by atoms with Crippen LogP contribution in [0.25, 0.3) is 6.08 Å². The van der Waals surface area contributed by atoms with Crippen molar-refractivity contribution in [1.29, 1.82) is 0 Å². The van der Waals surface area contributed by atoms with Gasteiger partial charge in [-0.25, -0.2) is 4.79 Å². The Hall–Kier alpha value is -2.31. The van der Waals surface area contributed by atoms with Crippen molar-refractivity contribution in [3.8, 4) is 11.5 Å². The molecule has 0 saturated carbocycles. The first-order chi connectivity index (χ1) is 11.0. The summed E-state index contributed by atoms with van der Waals surface area (Å²) in [5.41, 5.74) is 6.92. The van der Waals surface area contributed by atoms with Gasteiger partial charge >= 0.3 is 5.97 Å². The predicted octanol–water partition coefficient (Wildman–Crippen LogP) is 2.03. The van der Waals surface area contributed by atoms with Crippen LogP contribution in [-0.2, 0) is 4.79 Å². The maximum Gasteiger partial charge on any atom is 0.328 e. The molecular formula is C17H23NO5. The van der Waals surface area contributed by atoms with Gasteiger partial charge in [0.2, 0.25) is 6.79 Å². The normalized spacial score (nSPS) is 14.3. The van der Waals surface area contributed by atoms with E-state index in [0.29, 0.717) is 12.3 Å². The highest BCUT2D eigenvalue weighted by Gasteiger charge is 2.12. The lowest BCUT2D eigenvalue weighted by Crippen LogP contribution is -2.13. The van der Waals surface area contributed by atoms with Crippen LogP contribution in [0.1, 0.15) is 19.4 Å². The third kappa shape index (κ3) is 6.99. The number of nitrogens with two attached hydrogens (primary N) is 1. The first kappa shape index (κ1) is 18.7. The lowest BCUT2D eigenvalue weighted by molar-refractivity contribution is -0.131. The first-order valence-corrected chi connectivity index (χ1v) is 7.26. The maximum atomic E-state index is 10.4. The second-order valence-corrected chi connectivity index (χ2v) is 5.20. The van der Waals surface area contributed by atoms with Gasteiger partial charge in [0, 0.05) is 12.7 Å². The average molecular weight is 321 g/mol. The third-order valence-electron chi connectivity index (χ3n) is 2.99. The minimum Gasteiger partial charge on any atom is -0.478 e. The van der Waals surface area contributed by atoms with Gasteiger partial charge in [0.1, 0.15) is 0 Å². The topological polar surface area (TPSA) is 102 Å². The third-order valence-corrected chi connectivity index (χ3v) is 2.99. The highest BCUT2D eigenvalue weighted by Crippen LogP contribution is 2.33. The largest absolute Gasteiger partial charge is 0.478 e. The number of aliphatic hydroxyl groups is 1. The number of carboxylic acid groups (broad SMARTS) is 1. The molecule has 0 radical (unpaired) electrons. The van der Waals surface area contributed by atoms with E-state index in [1.54, 1.807) is 6.08 Å². The Morgan fingerprint density at radius 2 is 2.04 bits per heavy atom. The van der Waals surface area contributed by atoms with Crippen molar-refractivity contribution in [2.75, 3.05) is 19.9 Å². The number of aliphatic carboxylic acids is 1. The number of allylic oxidation sites excluding steroid dienone is 2. The van der Waals surface area contributed by atoms with Gasteiger partial charge in [-0.15, -0.1) is 0 Å². The second kappa shape index (κ2) is 9.66. The molecule has 6 nitrogen and oxygen atoms in total. The monoisotopic (exact) mass is 321 g/mol. The maximum absolute atomic E-state index is 10.4. The number of hydrogen-bond donors (Lipinski definition) is 3. The molecule has 0 fully saturated rings. The number of hydrogen-bond acceptors (Lipinski definition) is 5. The van der Waals surface area contributed by atoms with Crippen LogP contribution in [0, 0.1) is 5.92 Å². The minimum absolute atomic E-state index is 0.205. The number of carboxylic acids is 1. The Morgan fingerprint density at radius 3 is 2.61 bits per heavy atom. The summed E-state index contributed by atoms with van der Waals surface area (Å²) in [6.07, 6.45) is 4.53. The Bertz CT molecular complexity index is 576. The molecule has 4 N–H and O–H groups in total. The summed E-state index contributed by atoms with van der Waals surface area (Å²) in [5.74, 6) is 0.767. The molecule has 1 aromatic rings. The van der Waals surface area contributed by atoms with Gasteiger partial charge in [-0.1, -0.05) is 30.7 Å². The molecular weight excluding hydrogens is 298 g/mol. The van der Waals surface area contributed by atoms with Crippen molar-refractivity contribution in [2.24, 2.45) is 11.7 Å². The molecule has 23 heavy (non-hydrogen) atoms. The Balaban J connectivity index is 0.000000379. The fourth-order valence-electron chi connectivity index (χ4n) is 1.59. The van der Waals surface area contributed by atoms with Gasteiger partial charge in [0.05, 0.1) is 0 Å². The van der Waals surface area contributed by atoms with Crippen molar-refractivity contribution >= 4 is 12.0 Å². The summed E-state index contributed by atoms with van der Waals surface area (Å²) < 4.78 is 10.5. The molecule has 0 bridgehead atoms. The van der Waals surface area contributed by atoms with E-state index in [2.05, 4.69) is 0 Å².